The Morgan fingerprint density at radius 2 is 1.88 bits per heavy atom. The van der Waals surface area contributed by atoms with E-state index < -0.39 is 0 Å². The predicted molar refractivity (Wildman–Crippen MR) is 127 cm³/mol. The van der Waals surface area contributed by atoms with E-state index in [0.29, 0.717) is 47.6 Å². The molecule has 0 bridgehead atoms. The summed E-state index contributed by atoms with van der Waals surface area (Å²) in [7, 11) is 1.38. The highest BCUT2D eigenvalue weighted by molar-refractivity contribution is 7.99. The van der Waals surface area contributed by atoms with E-state index in [0.717, 1.165) is 17.8 Å². The topological polar surface area (TPSA) is 83.2 Å². The largest absolute Gasteiger partial charge is 0.469 e. The summed E-state index contributed by atoms with van der Waals surface area (Å²) in [6.45, 7) is 7.09. The van der Waals surface area contributed by atoms with Crippen LogP contribution in [-0.4, -0.2) is 38.7 Å². The molecule has 0 aliphatic rings. The molecular weight excluding hydrogens is 426 g/mol. The average molecular weight is 456 g/mol. The lowest BCUT2D eigenvalue weighted by Gasteiger charge is -2.12. The molecule has 7 nitrogen and oxygen atoms in total. The first-order chi connectivity index (χ1) is 15.4. The molecule has 0 atom stereocenters. The Balaban J connectivity index is 1.78. The van der Waals surface area contributed by atoms with Gasteiger partial charge >= 0.3 is 5.97 Å². The summed E-state index contributed by atoms with van der Waals surface area (Å²) in [4.78, 5) is 42.0. The number of para-hydroxylation sites is 1. The maximum Gasteiger partial charge on any atom is 0.305 e. The van der Waals surface area contributed by atoms with Gasteiger partial charge in [-0.3, -0.25) is 19.0 Å². The molecule has 2 heterocycles. The monoisotopic (exact) mass is 455 g/mol. The van der Waals surface area contributed by atoms with Crippen molar-refractivity contribution in [3.63, 3.8) is 0 Å². The van der Waals surface area contributed by atoms with Crippen molar-refractivity contribution in [1.29, 1.82) is 0 Å². The number of benzene rings is 1. The van der Waals surface area contributed by atoms with Crippen LogP contribution in [0.3, 0.4) is 0 Å². The van der Waals surface area contributed by atoms with Gasteiger partial charge in [-0.1, -0.05) is 30.8 Å². The van der Waals surface area contributed by atoms with E-state index in [1.165, 1.54) is 18.9 Å². The first kappa shape index (κ1) is 23.8. The van der Waals surface area contributed by atoms with E-state index >= 15 is 0 Å². The van der Waals surface area contributed by atoms with Gasteiger partial charge in [0, 0.05) is 36.5 Å². The Bertz CT molecular complexity index is 1200. The van der Waals surface area contributed by atoms with Gasteiger partial charge in [0.2, 0.25) is 0 Å². The molecule has 0 unspecified atom stereocenters. The van der Waals surface area contributed by atoms with Gasteiger partial charge in [0.15, 0.2) is 10.9 Å². The van der Waals surface area contributed by atoms with Crippen molar-refractivity contribution in [2.24, 2.45) is 0 Å². The fourth-order valence-corrected chi connectivity index (χ4v) is 4.71. The molecule has 0 radical (unpaired) electrons. The number of thioether (sulfide) groups is 1. The molecule has 3 rings (SSSR count). The van der Waals surface area contributed by atoms with Gasteiger partial charge in [-0.25, -0.2) is 4.98 Å². The summed E-state index contributed by atoms with van der Waals surface area (Å²) in [5, 5.41) is 1.16. The lowest BCUT2D eigenvalue weighted by atomic mass is 10.2. The Labute approximate surface area is 191 Å². The van der Waals surface area contributed by atoms with E-state index in [-0.39, 0.29) is 23.1 Å². The molecule has 3 aromatic rings. The van der Waals surface area contributed by atoms with E-state index in [1.807, 2.05) is 45.0 Å². The van der Waals surface area contributed by atoms with Gasteiger partial charge in [-0.2, -0.15) is 0 Å². The molecule has 32 heavy (non-hydrogen) atoms. The summed E-state index contributed by atoms with van der Waals surface area (Å²) in [6, 6.07) is 9.18. The second kappa shape index (κ2) is 10.6. The molecule has 0 fully saturated rings. The summed E-state index contributed by atoms with van der Waals surface area (Å²) < 4.78 is 8.41. The summed E-state index contributed by atoms with van der Waals surface area (Å²) in [6.07, 6.45) is 1.79. The number of aryl methyl sites for hydroxylation is 1. The number of nitrogens with zero attached hydrogens (tertiary/aromatic N) is 3. The first-order valence-corrected chi connectivity index (χ1v) is 11.7. The maximum atomic E-state index is 13.0. The number of Topliss-reactive ketones (excluding diaryl/α,β-unsaturated/α-hetero) is 1. The number of fused-ring (bicyclic) bond motifs is 1. The van der Waals surface area contributed by atoms with Crippen LogP contribution >= 0.6 is 11.8 Å². The Kier molecular flexibility index (Phi) is 7.90. The fraction of sp³-hybridized carbons (Fsp3) is 0.417. The average Bonchev–Trinajstić information content (AvgIpc) is 3.08. The van der Waals surface area contributed by atoms with Crippen molar-refractivity contribution in [3.05, 3.63) is 57.6 Å². The third-order valence-electron chi connectivity index (χ3n) is 5.47. The third kappa shape index (κ3) is 5.12. The highest BCUT2D eigenvalue weighted by Gasteiger charge is 2.18. The van der Waals surface area contributed by atoms with Gasteiger partial charge < -0.3 is 9.30 Å². The zero-order chi connectivity index (χ0) is 23.3. The molecule has 0 aliphatic carbocycles. The van der Waals surface area contributed by atoms with Crippen LogP contribution in [0.15, 0.2) is 40.3 Å². The number of hydrogen-bond donors (Lipinski definition) is 0. The third-order valence-corrected chi connectivity index (χ3v) is 6.45. The van der Waals surface area contributed by atoms with Crippen LogP contribution in [0.5, 0.6) is 0 Å². The molecule has 0 spiro atoms. The molecule has 0 saturated carbocycles. The number of carbonyl (C=O) groups excluding carboxylic acids is 2. The second-order valence-corrected chi connectivity index (χ2v) is 8.64. The van der Waals surface area contributed by atoms with Crippen molar-refractivity contribution < 1.29 is 14.3 Å². The lowest BCUT2D eigenvalue weighted by molar-refractivity contribution is -0.140. The predicted octanol–water partition coefficient (Wildman–Crippen LogP) is 4.15. The minimum absolute atomic E-state index is 0.00669. The van der Waals surface area contributed by atoms with E-state index in [2.05, 4.69) is 9.55 Å². The molecule has 1 aromatic carbocycles. The van der Waals surface area contributed by atoms with Crippen LogP contribution in [0.4, 0.5) is 0 Å². The number of carbonyl (C=O) groups is 2. The van der Waals surface area contributed by atoms with Crippen molar-refractivity contribution in [2.45, 2.75) is 58.3 Å². The number of ether oxygens (including phenoxy) is 1. The molecule has 0 saturated heterocycles. The van der Waals surface area contributed by atoms with Crippen molar-refractivity contribution in [3.8, 4) is 0 Å². The van der Waals surface area contributed by atoms with Gasteiger partial charge in [0.1, 0.15) is 0 Å². The molecule has 8 heteroatoms. The summed E-state index contributed by atoms with van der Waals surface area (Å²) in [5.74, 6) is -0.0463. The summed E-state index contributed by atoms with van der Waals surface area (Å²) >= 11 is 1.30. The Morgan fingerprint density at radius 1 is 1.12 bits per heavy atom. The van der Waals surface area contributed by atoms with Crippen molar-refractivity contribution in [1.82, 2.24) is 14.1 Å². The van der Waals surface area contributed by atoms with Crippen LogP contribution in [0.25, 0.3) is 10.9 Å². The molecule has 0 amide bonds. The number of methoxy groups -OCH3 is 1. The van der Waals surface area contributed by atoms with E-state index in [4.69, 9.17) is 4.74 Å². The number of esters is 1. The number of rotatable bonds is 10. The normalized spacial score (nSPS) is 11.1. The molecule has 2 aromatic heterocycles. The molecule has 0 aliphatic heterocycles. The van der Waals surface area contributed by atoms with Gasteiger partial charge in [0.05, 0.1) is 23.8 Å². The Morgan fingerprint density at radius 3 is 2.59 bits per heavy atom. The summed E-state index contributed by atoms with van der Waals surface area (Å²) in [5.41, 5.74) is 3.10. The van der Waals surface area contributed by atoms with Crippen LogP contribution in [-0.2, 0) is 22.6 Å². The van der Waals surface area contributed by atoms with E-state index in [9.17, 15) is 14.4 Å². The Hall–Kier alpha value is -2.87. The zero-order valence-electron chi connectivity index (χ0n) is 19.0. The van der Waals surface area contributed by atoms with Gasteiger partial charge in [-0.05, 0) is 44.9 Å². The number of aromatic nitrogens is 3. The van der Waals surface area contributed by atoms with Gasteiger partial charge in [0.25, 0.3) is 5.56 Å². The molecule has 170 valence electrons. The zero-order valence-corrected chi connectivity index (χ0v) is 19.8. The van der Waals surface area contributed by atoms with Gasteiger partial charge in [-0.15, -0.1) is 0 Å². The van der Waals surface area contributed by atoms with Crippen molar-refractivity contribution in [2.75, 3.05) is 12.9 Å². The second-order valence-electron chi connectivity index (χ2n) is 7.70. The van der Waals surface area contributed by atoms with Crippen LogP contribution in [0.1, 0.15) is 47.9 Å². The lowest BCUT2D eigenvalue weighted by Crippen LogP contribution is -2.23. The van der Waals surface area contributed by atoms with Crippen LogP contribution in [0.2, 0.25) is 0 Å². The molecule has 0 N–H and O–H groups in total. The number of ketones is 1. The van der Waals surface area contributed by atoms with Crippen LogP contribution in [0, 0.1) is 13.8 Å². The first-order valence-electron chi connectivity index (χ1n) is 10.8. The smallest absolute Gasteiger partial charge is 0.305 e. The maximum absolute atomic E-state index is 13.0. The standard InChI is InChI=1S/C24H29N3O4S/c1-5-12-27-23(30)18-9-6-7-10-20(18)25-24(27)32-15-21(28)19-14-16(2)26(17(19)3)13-8-11-22(29)31-4/h6-7,9-10,14H,5,8,11-13,15H2,1-4H3. The van der Waals surface area contributed by atoms with Crippen LogP contribution < -0.4 is 5.56 Å². The minimum Gasteiger partial charge on any atom is -0.469 e. The quantitative estimate of drug-likeness (QED) is 0.198. The van der Waals surface area contributed by atoms with Crippen molar-refractivity contribution >= 4 is 34.4 Å². The number of hydrogen-bond acceptors (Lipinski definition) is 6. The highest BCUT2D eigenvalue weighted by Crippen LogP contribution is 2.22. The SMILES string of the molecule is CCCn1c(SCC(=O)c2cc(C)n(CCCC(=O)OC)c2C)nc2ccccc2c1=O. The molecular formula is C24H29N3O4S. The fourth-order valence-electron chi connectivity index (χ4n) is 3.80. The minimum atomic E-state index is -0.235. The highest BCUT2D eigenvalue weighted by atomic mass is 32.2. The van der Waals surface area contributed by atoms with E-state index in [1.54, 1.807) is 10.6 Å².